The fourth-order valence-corrected chi connectivity index (χ4v) is 3.74. The van der Waals surface area contributed by atoms with Crippen LogP contribution in [-0.2, 0) is 6.54 Å². The maximum Gasteiger partial charge on any atom is 0.261 e. The van der Waals surface area contributed by atoms with Crippen molar-refractivity contribution in [3.05, 3.63) is 58.3 Å². The Hall–Kier alpha value is -2.83. The molecule has 7 heteroatoms. The summed E-state index contributed by atoms with van der Waals surface area (Å²) >= 11 is 0. The summed E-state index contributed by atoms with van der Waals surface area (Å²) in [6, 6.07) is 6.13. The highest BCUT2D eigenvalue weighted by Gasteiger charge is 2.21. The van der Waals surface area contributed by atoms with Crippen LogP contribution in [0.15, 0.2) is 35.4 Å². The van der Waals surface area contributed by atoms with Crippen molar-refractivity contribution in [1.29, 1.82) is 0 Å². The first-order valence-electron chi connectivity index (χ1n) is 9.21. The van der Waals surface area contributed by atoms with Crippen LogP contribution in [0.1, 0.15) is 24.4 Å². The first-order valence-corrected chi connectivity index (χ1v) is 9.21. The second-order valence-corrected chi connectivity index (χ2v) is 7.21. The van der Waals surface area contributed by atoms with Gasteiger partial charge in [-0.25, -0.2) is 19.3 Å². The highest BCUT2D eigenvalue weighted by molar-refractivity contribution is 5.77. The number of hydrogen-bond donors (Lipinski definition) is 0. The molecule has 0 radical (unpaired) electrons. The van der Waals surface area contributed by atoms with Crippen LogP contribution in [0.4, 0.5) is 10.2 Å². The number of benzene rings is 1. The molecule has 27 heavy (non-hydrogen) atoms. The summed E-state index contributed by atoms with van der Waals surface area (Å²) in [7, 11) is 0. The van der Waals surface area contributed by atoms with Crippen molar-refractivity contribution in [2.75, 3.05) is 18.0 Å². The Morgan fingerprint density at radius 1 is 1.15 bits per heavy atom. The highest BCUT2D eigenvalue weighted by Crippen LogP contribution is 2.23. The number of rotatable bonds is 3. The third kappa shape index (κ3) is 3.67. The van der Waals surface area contributed by atoms with Gasteiger partial charge in [-0.15, -0.1) is 0 Å². The van der Waals surface area contributed by atoms with Crippen molar-refractivity contribution in [2.24, 2.45) is 5.92 Å². The topological polar surface area (TPSA) is 63.9 Å². The molecule has 140 valence electrons. The van der Waals surface area contributed by atoms with E-state index >= 15 is 0 Å². The summed E-state index contributed by atoms with van der Waals surface area (Å²) in [4.78, 5) is 28.0. The number of aromatic nitrogens is 4. The van der Waals surface area contributed by atoms with E-state index in [-0.39, 0.29) is 11.4 Å². The lowest BCUT2D eigenvalue weighted by Crippen LogP contribution is -2.37. The molecule has 0 N–H and O–H groups in total. The summed E-state index contributed by atoms with van der Waals surface area (Å²) in [5.41, 5.74) is 1.27. The second-order valence-electron chi connectivity index (χ2n) is 7.21. The van der Waals surface area contributed by atoms with Crippen molar-refractivity contribution < 1.29 is 4.39 Å². The standard InChI is InChI=1S/C20H22FN5O/c1-13-9-19(24-14(2)23-13)25-7-5-15(6-8-25)11-26-12-22-18-10-16(21)3-4-17(18)20(26)27/h3-4,9-10,12,15H,5-8,11H2,1-2H3. The van der Waals surface area contributed by atoms with E-state index in [0.29, 0.717) is 23.4 Å². The van der Waals surface area contributed by atoms with Gasteiger partial charge in [-0.2, -0.15) is 0 Å². The van der Waals surface area contributed by atoms with Gasteiger partial charge in [-0.05, 0) is 44.7 Å². The number of anilines is 1. The fourth-order valence-electron chi connectivity index (χ4n) is 3.74. The van der Waals surface area contributed by atoms with Crippen molar-refractivity contribution in [3.63, 3.8) is 0 Å². The Bertz CT molecular complexity index is 1020. The van der Waals surface area contributed by atoms with Crippen LogP contribution in [-0.4, -0.2) is 32.6 Å². The number of hydrogen-bond acceptors (Lipinski definition) is 5. The molecule has 3 aromatic rings. The third-order valence-corrected chi connectivity index (χ3v) is 5.13. The monoisotopic (exact) mass is 367 g/mol. The summed E-state index contributed by atoms with van der Waals surface area (Å²) < 4.78 is 15.0. The maximum atomic E-state index is 13.3. The van der Waals surface area contributed by atoms with Gasteiger partial charge < -0.3 is 4.90 Å². The van der Waals surface area contributed by atoms with Crippen LogP contribution in [0.3, 0.4) is 0 Å². The molecule has 1 fully saturated rings. The average Bonchev–Trinajstić information content (AvgIpc) is 2.64. The molecule has 0 aliphatic carbocycles. The molecular formula is C20H22FN5O. The van der Waals surface area contributed by atoms with Crippen LogP contribution in [0, 0.1) is 25.6 Å². The minimum Gasteiger partial charge on any atom is -0.356 e. The summed E-state index contributed by atoms with van der Waals surface area (Å²) in [6.45, 7) is 6.34. The minimum absolute atomic E-state index is 0.107. The molecule has 0 unspecified atom stereocenters. The van der Waals surface area contributed by atoms with Crippen molar-refractivity contribution in [1.82, 2.24) is 19.5 Å². The van der Waals surface area contributed by atoms with Gasteiger partial charge >= 0.3 is 0 Å². The predicted molar refractivity (Wildman–Crippen MR) is 102 cm³/mol. The quantitative estimate of drug-likeness (QED) is 0.712. The van der Waals surface area contributed by atoms with Gasteiger partial charge in [-0.3, -0.25) is 9.36 Å². The number of nitrogens with zero attached hydrogens (tertiary/aromatic N) is 5. The Balaban J connectivity index is 1.46. The zero-order valence-corrected chi connectivity index (χ0v) is 15.5. The van der Waals surface area contributed by atoms with Gasteiger partial charge in [0.1, 0.15) is 17.5 Å². The molecule has 4 rings (SSSR count). The molecule has 1 aliphatic heterocycles. The number of aryl methyl sites for hydroxylation is 2. The van der Waals surface area contributed by atoms with E-state index in [1.165, 1.54) is 24.5 Å². The van der Waals surface area contributed by atoms with Crippen LogP contribution in [0.2, 0.25) is 0 Å². The molecule has 0 spiro atoms. The van der Waals surface area contributed by atoms with Crippen molar-refractivity contribution in [2.45, 2.75) is 33.2 Å². The summed E-state index contributed by atoms with van der Waals surface area (Å²) in [5, 5.41) is 0.461. The lowest BCUT2D eigenvalue weighted by molar-refractivity contribution is 0.351. The van der Waals surface area contributed by atoms with Gasteiger partial charge in [-0.1, -0.05) is 0 Å². The number of piperidine rings is 1. The van der Waals surface area contributed by atoms with Gasteiger partial charge in [0.25, 0.3) is 5.56 Å². The van der Waals surface area contributed by atoms with E-state index in [9.17, 15) is 9.18 Å². The third-order valence-electron chi connectivity index (χ3n) is 5.13. The van der Waals surface area contributed by atoms with E-state index in [4.69, 9.17) is 0 Å². The Labute approximate surface area is 156 Å². The highest BCUT2D eigenvalue weighted by atomic mass is 19.1. The second kappa shape index (κ2) is 7.06. The molecular weight excluding hydrogens is 345 g/mol. The molecule has 1 saturated heterocycles. The Kier molecular flexibility index (Phi) is 4.59. The smallest absolute Gasteiger partial charge is 0.261 e. The molecule has 0 amide bonds. The molecule has 0 bridgehead atoms. The zero-order chi connectivity index (χ0) is 19.0. The van der Waals surface area contributed by atoms with Crippen LogP contribution in [0.25, 0.3) is 10.9 Å². The first-order chi connectivity index (χ1) is 13.0. The number of halogens is 1. The van der Waals surface area contributed by atoms with Gasteiger partial charge in [0.2, 0.25) is 0 Å². The minimum atomic E-state index is -0.380. The van der Waals surface area contributed by atoms with Crippen LogP contribution >= 0.6 is 0 Å². The van der Waals surface area contributed by atoms with E-state index in [1.807, 2.05) is 19.9 Å². The van der Waals surface area contributed by atoms with E-state index < -0.39 is 0 Å². The van der Waals surface area contributed by atoms with Crippen LogP contribution in [0.5, 0.6) is 0 Å². The van der Waals surface area contributed by atoms with Crippen LogP contribution < -0.4 is 10.5 Å². The maximum absolute atomic E-state index is 13.3. The van der Waals surface area contributed by atoms with Crippen molar-refractivity contribution in [3.8, 4) is 0 Å². The first kappa shape index (κ1) is 17.6. The summed E-state index contributed by atoms with van der Waals surface area (Å²) in [5.74, 6) is 1.79. The van der Waals surface area contributed by atoms with Gasteiger partial charge in [0.05, 0.1) is 17.2 Å². The summed E-state index contributed by atoms with van der Waals surface area (Å²) in [6.07, 6.45) is 3.50. The van der Waals surface area contributed by atoms with E-state index in [0.717, 1.165) is 43.3 Å². The Morgan fingerprint density at radius 3 is 2.67 bits per heavy atom. The molecule has 1 aliphatic rings. The van der Waals surface area contributed by atoms with E-state index in [1.54, 1.807) is 4.57 Å². The average molecular weight is 367 g/mol. The lowest BCUT2D eigenvalue weighted by Gasteiger charge is -2.33. The largest absolute Gasteiger partial charge is 0.356 e. The molecule has 3 heterocycles. The molecule has 1 aromatic carbocycles. The molecule has 0 saturated carbocycles. The number of fused-ring (bicyclic) bond motifs is 1. The van der Waals surface area contributed by atoms with Gasteiger partial charge in [0.15, 0.2) is 0 Å². The molecule has 2 aromatic heterocycles. The van der Waals surface area contributed by atoms with E-state index in [2.05, 4.69) is 19.9 Å². The van der Waals surface area contributed by atoms with Crippen molar-refractivity contribution >= 4 is 16.7 Å². The lowest BCUT2D eigenvalue weighted by atomic mass is 9.96. The molecule has 6 nitrogen and oxygen atoms in total. The predicted octanol–water partition coefficient (Wildman–Crippen LogP) is 2.86. The van der Waals surface area contributed by atoms with Gasteiger partial charge in [0, 0.05) is 37.5 Å². The normalized spacial score (nSPS) is 15.4. The Morgan fingerprint density at radius 2 is 1.93 bits per heavy atom. The SMILES string of the molecule is Cc1cc(N2CCC(Cn3cnc4cc(F)ccc4c3=O)CC2)nc(C)n1. The molecule has 0 atom stereocenters. The fraction of sp³-hybridized carbons (Fsp3) is 0.400. The zero-order valence-electron chi connectivity index (χ0n) is 15.5.